The standard InChI is InChI=1S/C27H29N5O.3ClH/c33-27-22-25(23-10-3-1-4-11-23)32(24-12-5-2-6-13-24)31(27)17-9-16-29-18-20-30(21-19-29)26-14-7-8-15-28-26;;;/h1-8,10-15,22H,9,16-21H2;3*1H. The van der Waals surface area contributed by atoms with Crippen molar-refractivity contribution in [1.82, 2.24) is 19.2 Å². The Hall–Kier alpha value is -2.77. The smallest absolute Gasteiger partial charge is 0.267 e. The molecule has 5 rings (SSSR count). The number of anilines is 1. The number of aromatic nitrogens is 3. The van der Waals surface area contributed by atoms with Gasteiger partial charge in [0.1, 0.15) is 5.82 Å². The summed E-state index contributed by atoms with van der Waals surface area (Å²) in [6.07, 6.45) is 2.78. The van der Waals surface area contributed by atoms with Gasteiger partial charge >= 0.3 is 0 Å². The van der Waals surface area contributed by atoms with Gasteiger partial charge in [0.05, 0.1) is 11.4 Å². The number of para-hydroxylation sites is 1. The average Bonchev–Trinajstić information content (AvgIpc) is 3.22. The van der Waals surface area contributed by atoms with Crippen LogP contribution in [-0.2, 0) is 6.54 Å². The van der Waals surface area contributed by atoms with Gasteiger partial charge in [-0.1, -0.05) is 54.6 Å². The molecule has 192 valence electrons. The lowest BCUT2D eigenvalue weighted by atomic mass is 10.1. The minimum Gasteiger partial charge on any atom is -0.354 e. The summed E-state index contributed by atoms with van der Waals surface area (Å²) in [5.74, 6) is 1.05. The van der Waals surface area contributed by atoms with E-state index in [1.165, 1.54) is 0 Å². The zero-order chi connectivity index (χ0) is 22.5. The van der Waals surface area contributed by atoms with Crippen LogP contribution in [-0.4, -0.2) is 52.0 Å². The highest BCUT2D eigenvalue weighted by atomic mass is 35.5. The van der Waals surface area contributed by atoms with Gasteiger partial charge in [-0.2, -0.15) is 0 Å². The molecule has 0 radical (unpaired) electrons. The predicted molar refractivity (Wildman–Crippen MR) is 155 cm³/mol. The molecule has 1 fully saturated rings. The lowest BCUT2D eigenvalue weighted by Crippen LogP contribution is -2.47. The van der Waals surface area contributed by atoms with Gasteiger partial charge < -0.3 is 4.90 Å². The minimum atomic E-state index is 0. The fourth-order valence-electron chi connectivity index (χ4n) is 4.54. The number of hydrogen-bond donors (Lipinski definition) is 0. The van der Waals surface area contributed by atoms with Crippen molar-refractivity contribution in [3.63, 3.8) is 0 Å². The number of piperazine rings is 1. The molecule has 0 N–H and O–H groups in total. The number of rotatable bonds is 7. The Morgan fingerprint density at radius 1 is 0.722 bits per heavy atom. The first-order valence-electron chi connectivity index (χ1n) is 11.6. The molecule has 9 heteroatoms. The molecule has 0 saturated carbocycles. The second kappa shape index (κ2) is 14.1. The third-order valence-corrected chi connectivity index (χ3v) is 6.24. The average molecular weight is 549 g/mol. The van der Waals surface area contributed by atoms with Gasteiger partial charge in [-0.25, -0.2) is 9.67 Å². The first-order valence-corrected chi connectivity index (χ1v) is 11.6. The summed E-state index contributed by atoms with van der Waals surface area (Å²) in [5.41, 5.74) is 3.01. The van der Waals surface area contributed by atoms with Crippen LogP contribution in [0.4, 0.5) is 5.82 Å². The molecule has 0 amide bonds. The monoisotopic (exact) mass is 547 g/mol. The molecule has 2 aromatic carbocycles. The number of benzene rings is 2. The highest BCUT2D eigenvalue weighted by molar-refractivity contribution is 5.86. The van der Waals surface area contributed by atoms with Crippen LogP contribution in [0.5, 0.6) is 0 Å². The third kappa shape index (κ3) is 6.71. The number of hydrogen-bond acceptors (Lipinski definition) is 4. The van der Waals surface area contributed by atoms with E-state index in [1.54, 1.807) is 6.07 Å². The van der Waals surface area contributed by atoms with E-state index in [0.717, 1.165) is 61.9 Å². The molecule has 1 aliphatic rings. The molecular formula is C27H32Cl3N5O. The van der Waals surface area contributed by atoms with Crippen molar-refractivity contribution in [1.29, 1.82) is 0 Å². The molecule has 0 unspecified atom stereocenters. The topological polar surface area (TPSA) is 46.3 Å². The second-order valence-corrected chi connectivity index (χ2v) is 8.37. The summed E-state index contributed by atoms with van der Waals surface area (Å²) in [4.78, 5) is 22.3. The van der Waals surface area contributed by atoms with E-state index in [1.807, 2.05) is 59.4 Å². The van der Waals surface area contributed by atoms with Crippen LogP contribution in [0.25, 0.3) is 16.9 Å². The van der Waals surface area contributed by atoms with Gasteiger partial charge in [-0.15, -0.1) is 37.2 Å². The van der Waals surface area contributed by atoms with Crippen LogP contribution >= 0.6 is 37.2 Å². The van der Waals surface area contributed by atoms with Crippen molar-refractivity contribution >= 4 is 43.0 Å². The molecule has 0 spiro atoms. The van der Waals surface area contributed by atoms with Crippen molar-refractivity contribution in [2.75, 3.05) is 37.6 Å². The molecule has 0 atom stereocenters. The van der Waals surface area contributed by atoms with Crippen molar-refractivity contribution in [3.05, 3.63) is 101 Å². The van der Waals surface area contributed by atoms with Crippen LogP contribution in [0.2, 0.25) is 0 Å². The number of nitrogens with zero attached hydrogens (tertiary/aromatic N) is 5. The Balaban J connectivity index is 0.00000152. The summed E-state index contributed by atoms with van der Waals surface area (Å²) in [5, 5.41) is 0. The van der Waals surface area contributed by atoms with E-state index in [0.29, 0.717) is 6.54 Å². The zero-order valence-electron chi connectivity index (χ0n) is 20.0. The molecule has 3 heterocycles. The molecule has 1 aliphatic heterocycles. The van der Waals surface area contributed by atoms with Gasteiger partial charge in [0, 0.05) is 57.1 Å². The summed E-state index contributed by atoms with van der Waals surface area (Å²) >= 11 is 0. The predicted octanol–water partition coefficient (Wildman–Crippen LogP) is 5.18. The molecule has 36 heavy (non-hydrogen) atoms. The van der Waals surface area contributed by atoms with Crippen LogP contribution in [0.1, 0.15) is 6.42 Å². The van der Waals surface area contributed by atoms with Gasteiger partial charge in [0.25, 0.3) is 5.56 Å². The maximum atomic E-state index is 13.0. The van der Waals surface area contributed by atoms with E-state index in [9.17, 15) is 4.79 Å². The maximum Gasteiger partial charge on any atom is 0.267 e. The Kier molecular flexibility index (Phi) is 11.5. The highest BCUT2D eigenvalue weighted by Crippen LogP contribution is 2.22. The third-order valence-electron chi connectivity index (χ3n) is 6.24. The summed E-state index contributed by atoms with van der Waals surface area (Å²) in [7, 11) is 0. The van der Waals surface area contributed by atoms with Gasteiger partial charge in [-0.3, -0.25) is 14.4 Å². The Bertz CT molecular complexity index is 1220. The van der Waals surface area contributed by atoms with E-state index in [2.05, 4.69) is 49.8 Å². The van der Waals surface area contributed by atoms with Gasteiger partial charge in [0.15, 0.2) is 0 Å². The Morgan fingerprint density at radius 3 is 2.00 bits per heavy atom. The van der Waals surface area contributed by atoms with Crippen molar-refractivity contribution in [3.8, 4) is 16.9 Å². The zero-order valence-corrected chi connectivity index (χ0v) is 22.4. The van der Waals surface area contributed by atoms with E-state index >= 15 is 0 Å². The van der Waals surface area contributed by atoms with E-state index < -0.39 is 0 Å². The van der Waals surface area contributed by atoms with Crippen LogP contribution in [0.3, 0.4) is 0 Å². The maximum absolute atomic E-state index is 13.0. The summed E-state index contributed by atoms with van der Waals surface area (Å²) in [6.45, 7) is 5.65. The van der Waals surface area contributed by atoms with Gasteiger partial charge in [0.2, 0.25) is 0 Å². The molecule has 0 aliphatic carbocycles. The normalized spacial score (nSPS) is 13.3. The molecule has 1 saturated heterocycles. The first kappa shape index (κ1) is 29.5. The highest BCUT2D eigenvalue weighted by Gasteiger charge is 2.18. The van der Waals surface area contributed by atoms with Crippen LogP contribution in [0.15, 0.2) is 95.9 Å². The number of halogens is 3. The lowest BCUT2D eigenvalue weighted by Gasteiger charge is -2.35. The minimum absolute atomic E-state index is 0. The molecule has 2 aromatic heterocycles. The largest absolute Gasteiger partial charge is 0.354 e. The molecule has 4 aromatic rings. The van der Waals surface area contributed by atoms with Crippen molar-refractivity contribution in [2.45, 2.75) is 13.0 Å². The summed E-state index contributed by atoms with van der Waals surface area (Å²) in [6, 6.07) is 28.1. The van der Waals surface area contributed by atoms with Gasteiger partial charge in [-0.05, 0) is 30.7 Å². The number of pyridine rings is 1. The van der Waals surface area contributed by atoms with Crippen LogP contribution < -0.4 is 10.5 Å². The van der Waals surface area contributed by atoms with E-state index in [-0.39, 0.29) is 42.8 Å². The fraction of sp³-hybridized carbons (Fsp3) is 0.259. The first-order chi connectivity index (χ1) is 16.3. The lowest BCUT2D eigenvalue weighted by molar-refractivity contribution is 0.247. The van der Waals surface area contributed by atoms with Crippen molar-refractivity contribution in [2.24, 2.45) is 0 Å². The SMILES string of the molecule is Cl.Cl.Cl.O=c1cc(-c2ccccc2)n(-c2ccccc2)n1CCCN1CCN(c2ccccn2)CC1. The Morgan fingerprint density at radius 2 is 1.36 bits per heavy atom. The Labute approximate surface area is 230 Å². The summed E-state index contributed by atoms with van der Waals surface area (Å²) < 4.78 is 3.94. The quantitative estimate of drug-likeness (QED) is 0.319. The van der Waals surface area contributed by atoms with Crippen molar-refractivity contribution < 1.29 is 0 Å². The molecule has 0 bridgehead atoms. The van der Waals surface area contributed by atoms with Crippen LogP contribution in [0, 0.1) is 0 Å². The second-order valence-electron chi connectivity index (χ2n) is 8.37. The van der Waals surface area contributed by atoms with E-state index in [4.69, 9.17) is 0 Å². The fourth-order valence-corrected chi connectivity index (χ4v) is 4.54. The molecule has 6 nitrogen and oxygen atoms in total. The molecular weight excluding hydrogens is 517 g/mol.